The summed E-state index contributed by atoms with van der Waals surface area (Å²) >= 11 is 0. The zero-order chi connectivity index (χ0) is 25.9. The average molecular weight is 501 g/mol. The molecule has 0 saturated heterocycles. The predicted molar refractivity (Wildman–Crippen MR) is 140 cm³/mol. The molecule has 36 heavy (non-hydrogen) atoms. The number of carbonyl (C=O) groups excluding carboxylic acids is 1. The lowest BCUT2D eigenvalue weighted by molar-refractivity contribution is 0.101. The van der Waals surface area contributed by atoms with Crippen LogP contribution in [0.2, 0.25) is 0 Å². The van der Waals surface area contributed by atoms with Gasteiger partial charge in [0.2, 0.25) is 0 Å². The predicted octanol–water partition coefficient (Wildman–Crippen LogP) is 4.11. The van der Waals surface area contributed by atoms with Gasteiger partial charge in [-0.2, -0.15) is 0 Å². The number of nitrogens with zero attached hydrogens (tertiary/aromatic N) is 3. The molecule has 0 atom stereocenters. The van der Waals surface area contributed by atoms with Crippen LogP contribution in [0.25, 0.3) is 10.9 Å². The highest BCUT2D eigenvalue weighted by Gasteiger charge is 2.21. The van der Waals surface area contributed by atoms with Gasteiger partial charge >= 0.3 is 0 Å². The summed E-state index contributed by atoms with van der Waals surface area (Å²) in [5.41, 5.74) is 2.75. The molecule has 2 heterocycles. The Balaban J connectivity index is 1.73. The van der Waals surface area contributed by atoms with Gasteiger partial charge in [-0.3, -0.25) is 19.5 Å². The van der Waals surface area contributed by atoms with E-state index in [2.05, 4.69) is 26.5 Å². The number of carbonyl (C=O) groups is 1. The van der Waals surface area contributed by atoms with Crippen molar-refractivity contribution in [1.29, 1.82) is 0 Å². The van der Waals surface area contributed by atoms with Crippen LogP contribution in [-0.4, -0.2) is 45.4 Å². The van der Waals surface area contributed by atoms with Gasteiger partial charge in [0, 0.05) is 56.1 Å². The standard InChI is InChI=1S/C27H24N4O4S/c1-18(32)23-16-25(35-4)20(17-29-23)13-12-19-8-5-6-10-22(19)30-36(33,34)26-11-7-9-21-24(31(2)3)14-15-28-27(21)26/h5-11,14-17,30H,1-4H3. The molecule has 0 saturated carbocycles. The van der Waals surface area contributed by atoms with Gasteiger partial charge in [-0.25, -0.2) is 8.42 Å². The van der Waals surface area contributed by atoms with E-state index in [1.54, 1.807) is 36.5 Å². The molecule has 2 aromatic heterocycles. The number of hydrogen-bond acceptors (Lipinski definition) is 7. The van der Waals surface area contributed by atoms with Crippen LogP contribution in [0, 0.1) is 11.8 Å². The number of anilines is 2. The quantitative estimate of drug-likeness (QED) is 0.314. The van der Waals surface area contributed by atoms with E-state index in [0.717, 1.165) is 11.1 Å². The Labute approximate surface area is 210 Å². The molecule has 4 rings (SSSR count). The minimum absolute atomic E-state index is 0.0668. The number of methoxy groups -OCH3 is 1. The first-order valence-electron chi connectivity index (χ1n) is 10.9. The summed E-state index contributed by atoms with van der Waals surface area (Å²) in [6.45, 7) is 1.42. The Hall–Kier alpha value is -4.42. The number of benzene rings is 2. The second-order valence-corrected chi connectivity index (χ2v) is 9.75. The van der Waals surface area contributed by atoms with Crippen LogP contribution >= 0.6 is 0 Å². The number of ketones is 1. The number of pyridine rings is 2. The van der Waals surface area contributed by atoms with E-state index < -0.39 is 10.0 Å². The van der Waals surface area contributed by atoms with E-state index in [4.69, 9.17) is 4.74 Å². The van der Waals surface area contributed by atoms with Crippen LogP contribution < -0.4 is 14.4 Å². The van der Waals surface area contributed by atoms with Crippen LogP contribution in [0.3, 0.4) is 0 Å². The van der Waals surface area contributed by atoms with Crippen molar-refractivity contribution in [1.82, 2.24) is 9.97 Å². The largest absolute Gasteiger partial charge is 0.495 e. The minimum Gasteiger partial charge on any atom is -0.495 e. The third kappa shape index (κ3) is 4.99. The molecule has 0 spiro atoms. The molecule has 2 aromatic carbocycles. The molecule has 0 amide bonds. The third-order valence-electron chi connectivity index (χ3n) is 5.43. The summed E-state index contributed by atoms with van der Waals surface area (Å²) in [4.78, 5) is 22.0. The number of nitrogens with one attached hydrogen (secondary N) is 1. The van der Waals surface area contributed by atoms with Crippen molar-refractivity contribution in [2.45, 2.75) is 11.8 Å². The van der Waals surface area contributed by atoms with Gasteiger partial charge < -0.3 is 9.64 Å². The van der Waals surface area contributed by atoms with Crippen LogP contribution in [0.5, 0.6) is 5.75 Å². The topological polar surface area (TPSA) is 101 Å². The van der Waals surface area contributed by atoms with E-state index in [1.165, 1.54) is 32.4 Å². The van der Waals surface area contributed by atoms with Gasteiger partial charge in [0.15, 0.2) is 5.78 Å². The SMILES string of the molecule is COc1cc(C(C)=O)ncc1C#Cc1ccccc1NS(=O)(=O)c1cccc2c(N(C)C)ccnc12. The molecule has 8 nitrogen and oxygen atoms in total. The maximum atomic E-state index is 13.5. The van der Waals surface area contributed by atoms with Gasteiger partial charge in [-0.1, -0.05) is 36.1 Å². The molecule has 0 aliphatic rings. The van der Waals surface area contributed by atoms with E-state index in [-0.39, 0.29) is 16.4 Å². The number of ether oxygens (including phenoxy) is 1. The van der Waals surface area contributed by atoms with E-state index in [0.29, 0.717) is 28.1 Å². The summed E-state index contributed by atoms with van der Waals surface area (Å²) < 4.78 is 34.9. The Bertz CT molecular complexity index is 1640. The average Bonchev–Trinajstić information content (AvgIpc) is 2.87. The van der Waals surface area contributed by atoms with Crippen molar-refractivity contribution in [2.75, 3.05) is 30.8 Å². The van der Waals surface area contributed by atoms with Crippen LogP contribution in [0.1, 0.15) is 28.5 Å². The van der Waals surface area contributed by atoms with Crippen molar-refractivity contribution in [2.24, 2.45) is 0 Å². The lowest BCUT2D eigenvalue weighted by Gasteiger charge is -2.16. The molecule has 0 bridgehead atoms. The maximum Gasteiger partial charge on any atom is 0.264 e. The highest BCUT2D eigenvalue weighted by atomic mass is 32.2. The van der Waals surface area contributed by atoms with E-state index >= 15 is 0 Å². The minimum atomic E-state index is -3.99. The van der Waals surface area contributed by atoms with Gasteiger partial charge in [0.25, 0.3) is 10.0 Å². The molecule has 0 aliphatic heterocycles. The van der Waals surface area contributed by atoms with Crippen molar-refractivity contribution in [3.63, 3.8) is 0 Å². The van der Waals surface area contributed by atoms with E-state index in [1.807, 2.05) is 31.1 Å². The Morgan fingerprint density at radius 3 is 2.47 bits per heavy atom. The molecule has 4 aromatic rings. The van der Waals surface area contributed by atoms with E-state index in [9.17, 15) is 13.2 Å². The molecule has 182 valence electrons. The summed E-state index contributed by atoms with van der Waals surface area (Å²) in [6.07, 6.45) is 3.05. The number of para-hydroxylation sites is 2. The second kappa shape index (κ2) is 10.1. The molecular formula is C27H24N4O4S. The smallest absolute Gasteiger partial charge is 0.264 e. The van der Waals surface area contributed by atoms with Crippen LogP contribution in [0.4, 0.5) is 11.4 Å². The van der Waals surface area contributed by atoms with Gasteiger partial charge in [-0.05, 0) is 24.3 Å². The summed E-state index contributed by atoms with van der Waals surface area (Å²) in [5, 5.41) is 0.729. The van der Waals surface area contributed by atoms with Crippen LogP contribution in [-0.2, 0) is 10.0 Å². The fourth-order valence-corrected chi connectivity index (χ4v) is 4.90. The van der Waals surface area contributed by atoms with Gasteiger partial charge in [-0.15, -0.1) is 0 Å². The number of rotatable bonds is 6. The van der Waals surface area contributed by atoms with Gasteiger partial charge in [0.05, 0.1) is 23.9 Å². The Morgan fingerprint density at radius 1 is 1.00 bits per heavy atom. The number of sulfonamides is 1. The maximum absolute atomic E-state index is 13.5. The molecule has 0 radical (unpaired) electrons. The second-order valence-electron chi connectivity index (χ2n) is 8.10. The fourth-order valence-electron chi connectivity index (χ4n) is 3.65. The first-order valence-corrected chi connectivity index (χ1v) is 12.4. The number of fused-ring (bicyclic) bond motifs is 1. The van der Waals surface area contributed by atoms with Crippen molar-refractivity contribution in [3.8, 4) is 17.6 Å². The summed E-state index contributed by atoms with van der Waals surface area (Å²) in [6, 6.07) is 15.3. The first-order chi connectivity index (χ1) is 17.2. The first kappa shape index (κ1) is 24.7. The lowest BCUT2D eigenvalue weighted by Crippen LogP contribution is -2.15. The monoisotopic (exact) mass is 500 g/mol. The van der Waals surface area contributed by atoms with Gasteiger partial charge in [0.1, 0.15) is 16.3 Å². The lowest BCUT2D eigenvalue weighted by atomic mass is 10.1. The number of Topliss-reactive ketones (excluding diaryl/α,β-unsaturated/α-hetero) is 1. The highest BCUT2D eigenvalue weighted by Crippen LogP contribution is 2.30. The number of hydrogen-bond donors (Lipinski definition) is 1. The molecular weight excluding hydrogens is 476 g/mol. The normalized spacial score (nSPS) is 10.9. The molecule has 0 fully saturated rings. The van der Waals surface area contributed by atoms with Crippen molar-refractivity contribution < 1.29 is 17.9 Å². The summed E-state index contributed by atoms with van der Waals surface area (Å²) in [7, 11) is 1.27. The fraction of sp³-hybridized carbons (Fsp3) is 0.148. The molecule has 1 N–H and O–H groups in total. The van der Waals surface area contributed by atoms with Crippen molar-refractivity contribution >= 4 is 38.1 Å². The highest BCUT2D eigenvalue weighted by molar-refractivity contribution is 7.93. The zero-order valence-corrected chi connectivity index (χ0v) is 21.1. The van der Waals surface area contributed by atoms with Crippen molar-refractivity contribution in [3.05, 3.63) is 83.8 Å². The summed E-state index contributed by atoms with van der Waals surface area (Å²) in [5.74, 6) is 6.16. The zero-order valence-electron chi connectivity index (χ0n) is 20.2. The Morgan fingerprint density at radius 2 is 1.75 bits per heavy atom. The molecule has 9 heteroatoms. The third-order valence-corrected chi connectivity index (χ3v) is 6.83. The molecule has 0 aliphatic carbocycles. The Kier molecular flexibility index (Phi) is 6.90. The number of aromatic nitrogens is 2. The van der Waals surface area contributed by atoms with Crippen LogP contribution in [0.15, 0.2) is 71.9 Å². The molecule has 0 unspecified atom stereocenters.